The number of hydrogen-bond donors (Lipinski definition) is 0. The second kappa shape index (κ2) is 9.15. The molecule has 24 heavy (non-hydrogen) atoms. The quantitative estimate of drug-likeness (QED) is 0.420. The minimum absolute atomic E-state index is 0.0421. The Labute approximate surface area is 149 Å². The molecule has 0 radical (unpaired) electrons. The number of benzene rings is 2. The Morgan fingerprint density at radius 2 is 1.92 bits per heavy atom. The smallest absolute Gasteiger partial charge is 0.347 e. The standard InChI is InChI=1S/C17H15Cl2NO4/c1-22-15-6-2-12(3-7-15)9-20-24-11-17(21)23-10-13-4-5-14(18)8-16(13)19/h2-9H,10-11H2,1H3/b20-9-. The lowest BCUT2D eigenvalue weighted by Gasteiger charge is -2.06. The molecule has 0 aliphatic heterocycles. The largest absolute Gasteiger partial charge is 0.497 e. The monoisotopic (exact) mass is 367 g/mol. The van der Waals surface area contributed by atoms with Crippen LogP contribution in [0.15, 0.2) is 47.6 Å². The molecule has 0 fully saturated rings. The van der Waals surface area contributed by atoms with Crippen LogP contribution in [0.3, 0.4) is 0 Å². The zero-order valence-corrected chi connectivity index (χ0v) is 14.4. The molecule has 0 heterocycles. The summed E-state index contributed by atoms with van der Waals surface area (Å²) in [4.78, 5) is 16.5. The number of rotatable bonds is 7. The van der Waals surface area contributed by atoms with Crippen LogP contribution in [0.1, 0.15) is 11.1 Å². The first kappa shape index (κ1) is 18.1. The summed E-state index contributed by atoms with van der Waals surface area (Å²) in [5, 5.41) is 4.67. The van der Waals surface area contributed by atoms with Crippen LogP contribution in [0.4, 0.5) is 0 Å². The van der Waals surface area contributed by atoms with Crippen molar-refractivity contribution in [2.24, 2.45) is 5.16 Å². The molecule has 0 aliphatic carbocycles. The second-order valence-electron chi connectivity index (χ2n) is 4.68. The van der Waals surface area contributed by atoms with Gasteiger partial charge in [0.25, 0.3) is 0 Å². The van der Waals surface area contributed by atoms with E-state index in [0.29, 0.717) is 15.6 Å². The van der Waals surface area contributed by atoms with Crippen LogP contribution in [-0.4, -0.2) is 25.9 Å². The minimum Gasteiger partial charge on any atom is -0.497 e. The van der Waals surface area contributed by atoms with Gasteiger partial charge in [-0.15, -0.1) is 0 Å². The van der Waals surface area contributed by atoms with E-state index in [1.165, 1.54) is 6.21 Å². The molecule has 0 saturated heterocycles. The van der Waals surface area contributed by atoms with Gasteiger partial charge in [0.2, 0.25) is 6.61 Å². The summed E-state index contributed by atoms with van der Waals surface area (Å²) in [5.41, 5.74) is 1.48. The first-order valence-electron chi connectivity index (χ1n) is 6.97. The molecule has 0 bridgehead atoms. The fourth-order valence-corrected chi connectivity index (χ4v) is 2.18. The Kier molecular flexibility index (Phi) is 6.90. The predicted octanol–water partition coefficient (Wildman–Crippen LogP) is 4.10. The Morgan fingerprint density at radius 1 is 1.17 bits per heavy atom. The number of esters is 1. The van der Waals surface area contributed by atoms with Crippen molar-refractivity contribution in [1.82, 2.24) is 0 Å². The number of methoxy groups -OCH3 is 1. The van der Waals surface area contributed by atoms with Crippen LogP contribution in [0.5, 0.6) is 5.75 Å². The summed E-state index contributed by atoms with van der Waals surface area (Å²) in [6, 6.07) is 12.2. The van der Waals surface area contributed by atoms with Gasteiger partial charge in [0.15, 0.2) is 0 Å². The van der Waals surface area contributed by atoms with Crippen LogP contribution in [0.25, 0.3) is 0 Å². The third kappa shape index (κ3) is 5.76. The molecular formula is C17H15Cl2NO4. The molecule has 2 aromatic carbocycles. The summed E-state index contributed by atoms with van der Waals surface area (Å²) >= 11 is 11.8. The van der Waals surface area contributed by atoms with Crippen molar-refractivity contribution in [3.8, 4) is 5.75 Å². The van der Waals surface area contributed by atoms with Crippen molar-refractivity contribution >= 4 is 35.4 Å². The van der Waals surface area contributed by atoms with E-state index in [4.69, 9.17) is 37.5 Å². The number of hydrogen-bond acceptors (Lipinski definition) is 5. The third-order valence-electron chi connectivity index (χ3n) is 2.98. The normalized spacial score (nSPS) is 10.6. The highest BCUT2D eigenvalue weighted by Gasteiger charge is 2.07. The third-order valence-corrected chi connectivity index (χ3v) is 3.57. The van der Waals surface area contributed by atoms with E-state index < -0.39 is 5.97 Å². The lowest BCUT2D eigenvalue weighted by atomic mass is 10.2. The first-order chi connectivity index (χ1) is 11.6. The second-order valence-corrected chi connectivity index (χ2v) is 5.52. The Bertz CT molecular complexity index is 717. The molecule has 0 aliphatic rings. The van der Waals surface area contributed by atoms with E-state index in [1.54, 1.807) is 37.4 Å². The maximum atomic E-state index is 11.6. The lowest BCUT2D eigenvalue weighted by Crippen LogP contribution is -2.11. The van der Waals surface area contributed by atoms with Crippen LogP contribution in [0.2, 0.25) is 10.0 Å². The van der Waals surface area contributed by atoms with Crippen molar-refractivity contribution in [2.75, 3.05) is 13.7 Å². The van der Waals surface area contributed by atoms with Crippen molar-refractivity contribution < 1.29 is 19.1 Å². The van der Waals surface area contributed by atoms with E-state index in [0.717, 1.165) is 11.3 Å². The maximum absolute atomic E-state index is 11.6. The fraction of sp³-hybridized carbons (Fsp3) is 0.176. The Hall–Kier alpha value is -2.24. The molecular weight excluding hydrogens is 353 g/mol. The number of nitrogens with zero attached hydrogens (tertiary/aromatic N) is 1. The Morgan fingerprint density at radius 3 is 2.58 bits per heavy atom. The van der Waals surface area contributed by atoms with E-state index in [9.17, 15) is 4.79 Å². The van der Waals surface area contributed by atoms with Gasteiger partial charge in [0.1, 0.15) is 12.4 Å². The molecule has 2 aromatic rings. The van der Waals surface area contributed by atoms with Gasteiger partial charge >= 0.3 is 5.97 Å². The van der Waals surface area contributed by atoms with Crippen molar-refractivity contribution in [3.05, 3.63) is 63.6 Å². The molecule has 2 rings (SSSR count). The molecule has 0 saturated carbocycles. The molecule has 0 unspecified atom stereocenters. The van der Waals surface area contributed by atoms with Gasteiger partial charge in [-0.1, -0.05) is 34.4 Å². The summed E-state index contributed by atoms with van der Waals surface area (Å²) in [6.45, 7) is -0.252. The van der Waals surface area contributed by atoms with E-state index in [1.807, 2.05) is 12.1 Å². The van der Waals surface area contributed by atoms with Crippen LogP contribution in [-0.2, 0) is 21.0 Å². The molecule has 0 aromatic heterocycles. The predicted molar refractivity (Wildman–Crippen MR) is 92.8 cm³/mol. The molecule has 0 atom stereocenters. The van der Waals surface area contributed by atoms with Crippen LogP contribution < -0.4 is 4.74 Å². The van der Waals surface area contributed by atoms with Crippen molar-refractivity contribution in [3.63, 3.8) is 0 Å². The summed E-state index contributed by atoms with van der Waals surface area (Å²) < 4.78 is 10.1. The van der Waals surface area contributed by atoms with E-state index in [-0.39, 0.29) is 13.2 Å². The number of carbonyl (C=O) groups is 1. The van der Waals surface area contributed by atoms with Crippen LogP contribution >= 0.6 is 23.2 Å². The Balaban J connectivity index is 1.73. The first-order valence-corrected chi connectivity index (χ1v) is 7.73. The van der Waals surface area contributed by atoms with Gasteiger partial charge in [-0.3, -0.25) is 0 Å². The van der Waals surface area contributed by atoms with Gasteiger partial charge in [-0.25, -0.2) is 4.79 Å². The average Bonchev–Trinajstić information content (AvgIpc) is 2.58. The highest BCUT2D eigenvalue weighted by molar-refractivity contribution is 6.35. The SMILES string of the molecule is COc1ccc(/C=N\OCC(=O)OCc2ccc(Cl)cc2Cl)cc1. The molecule has 126 valence electrons. The molecule has 0 spiro atoms. The average molecular weight is 368 g/mol. The van der Waals surface area contributed by atoms with Crippen molar-refractivity contribution in [1.29, 1.82) is 0 Å². The molecule has 7 heteroatoms. The highest BCUT2D eigenvalue weighted by Crippen LogP contribution is 2.21. The van der Waals surface area contributed by atoms with Gasteiger partial charge in [0.05, 0.1) is 13.3 Å². The van der Waals surface area contributed by atoms with Gasteiger partial charge < -0.3 is 14.3 Å². The minimum atomic E-state index is -0.548. The fourth-order valence-electron chi connectivity index (χ4n) is 1.72. The highest BCUT2D eigenvalue weighted by atomic mass is 35.5. The maximum Gasteiger partial charge on any atom is 0.347 e. The number of carbonyl (C=O) groups excluding carboxylic acids is 1. The number of ether oxygens (including phenoxy) is 2. The number of halogens is 2. The topological polar surface area (TPSA) is 57.1 Å². The summed E-state index contributed by atoms with van der Waals surface area (Å²) in [6.07, 6.45) is 1.49. The molecule has 0 amide bonds. The van der Waals surface area contributed by atoms with E-state index >= 15 is 0 Å². The summed E-state index contributed by atoms with van der Waals surface area (Å²) in [5.74, 6) is 0.199. The number of oxime groups is 1. The molecule has 0 N–H and O–H groups in total. The zero-order valence-electron chi connectivity index (χ0n) is 12.9. The van der Waals surface area contributed by atoms with Gasteiger partial charge in [0, 0.05) is 15.6 Å². The van der Waals surface area contributed by atoms with E-state index in [2.05, 4.69) is 5.16 Å². The van der Waals surface area contributed by atoms with Crippen LogP contribution in [0, 0.1) is 0 Å². The molecule has 5 nitrogen and oxygen atoms in total. The summed E-state index contributed by atoms with van der Waals surface area (Å²) in [7, 11) is 1.59. The zero-order chi connectivity index (χ0) is 17.4. The lowest BCUT2D eigenvalue weighted by molar-refractivity contribution is -0.150. The van der Waals surface area contributed by atoms with Crippen molar-refractivity contribution in [2.45, 2.75) is 6.61 Å². The van der Waals surface area contributed by atoms with Gasteiger partial charge in [-0.05, 0) is 42.0 Å². The van der Waals surface area contributed by atoms with Gasteiger partial charge in [-0.2, -0.15) is 0 Å².